The third-order valence-electron chi connectivity index (χ3n) is 3.15. The van der Waals surface area contributed by atoms with Crippen molar-refractivity contribution in [1.82, 2.24) is 5.32 Å². The van der Waals surface area contributed by atoms with E-state index in [2.05, 4.69) is 17.4 Å². The van der Waals surface area contributed by atoms with Gasteiger partial charge in [0.1, 0.15) is 5.82 Å². The van der Waals surface area contributed by atoms with Crippen molar-refractivity contribution < 1.29 is 4.39 Å². The van der Waals surface area contributed by atoms with Crippen LogP contribution < -0.4 is 5.32 Å². The van der Waals surface area contributed by atoms with Crippen LogP contribution in [0.25, 0.3) is 0 Å². The number of benzene rings is 2. The predicted octanol–water partition coefficient (Wildman–Crippen LogP) is 3.98. The zero-order chi connectivity index (χ0) is 13.0. The lowest BCUT2D eigenvalue weighted by molar-refractivity contribution is 0.563. The molecule has 0 heterocycles. The van der Waals surface area contributed by atoms with E-state index in [9.17, 15) is 4.39 Å². The molecule has 2 aromatic rings. The minimum Gasteiger partial charge on any atom is -0.306 e. The molecule has 1 N–H and O–H groups in total. The molecule has 2 heteroatoms. The highest BCUT2D eigenvalue weighted by atomic mass is 19.1. The Morgan fingerprint density at radius 2 is 1.83 bits per heavy atom. The fourth-order valence-corrected chi connectivity index (χ4v) is 1.86. The molecule has 0 spiro atoms. The van der Waals surface area contributed by atoms with E-state index in [0.29, 0.717) is 5.56 Å². The maximum Gasteiger partial charge on any atom is 0.126 e. The van der Waals surface area contributed by atoms with E-state index in [1.54, 1.807) is 13.0 Å². The van der Waals surface area contributed by atoms with Crippen LogP contribution in [0.4, 0.5) is 4.39 Å². The van der Waals surface area contributed by atoms with E-state index < -0.39 is 0 Å². The van der Waals surface area contributed by atoms with Crippen LogP contribution in [0.15, 0.2) is 48.5 Å². The van der Waals surface area contributed by atoms with E-state index >= 15 is 0 Å². The van der Waals surface area contributed by atoms with Crippen molar-refractivity contribution >= 4 is 0 Å². The quantitative estimate of drug-likeness (QED) is 0.856. The molecule has 1 atom stereocenters. The molecule has 0 aliphatic carbocycles. The summed E-state index contributed by atoms with van der Waals surface area (Å²) in [5.41, 5.74) is 2.90. The summed E-state index contributed by atoms with van der Waals surface area (Å²) in [6.45, 7) is 4.62. The molecular weight excluding hydrogens is 225 g/mol. The zero-order valence-corrected chi connectivity index (χ0v) is 10.8. The molecular formula is C16H18FN. The maximum atomic E-state index is 13.5. The number of nitrogens with one attached hydrogen (secondary N) is 1. The first-order valence-electron chi connectivity index (χ1n) is 6.20. The summed E-state index contributed by atoms with van der Waals surface area (Å²) < 4.78 is 13.5. The Hall–Kier alpha value is -1.67. The van der Waals surface area contributed by atoms with Gasteiger partial charge in [-0.25, -0.2) is 4.39 Å². The minimum absolute atomic E-state index is 0.138. The number of hydrogen-bond acceptors (Lipinski definition) is 1. The van der Waals surface area contributed by atoms with Gasteiger partial charge in [0, 0.05) is 12.6 Å². The van der Waals surface area contributed by atoms with Crippen LogP contribution in [0.5, 0.6) is 0 Å². The molecule has 0 aromatic heterocycles. The maximum absolute atomic E-state index is 13.5. The lowest BCUT2D eigenvalue weighted by Crippen LogP contribution is -2.18. The summed E-state index contributed by atoms with van der Waals surface area (Å²) in [5.74, 6) is -0.138. The van der Waals surface area contributed by atoms with Gasteiger partial charge in [-0.3, -0.25) is 0 Å². The smallest absolute Gasteiger partial charge is 0.126 e. The molecule has 2 aromatic carbocycles. The Bertz CT molecular complexity index is 508. The first kappa shape index (κ1) is 12.8. The summed E-state index contributed by atoms with van der Waals surface area (Å²) in [7, 11) is 0. The van der Waals surface area contributed by atoms with Crippen LogP contribution in [0, 0.1) is 12.7 Å². The van der Waals surface area contributed by atoms with Crippen molar-refractivity contribution in [2.24, 2.45) is 0 Å². The van der Waals surface area contributed by atoms with Crippen LogP contribution in [0.1, 0.15) is 29.7 Å². The van der Waals surface area contributed by atoms with Crippen LogP contribution >= 0.6 is 0 Å². The van der Waals surface area contributed by atoms with Gasteiger partial charge in [0.05, 0.1) is 0 Å². The minimum atomic E-state index is -0.138. The van der Waals surface area contributed by atoms with Gasteiger partial charge in [0.2, 0.25) is 0 Å². The number of hydrogen-bond donors (Lipinski definition) is 1. The van der Waals surface area contributed by atoms with Crippen LogP contribution in [-0.4, -0.2) is 0 Å². The summed E-state index contributed by atoms with van der Waals surface area (Å²) in [6.07, 6.45) is 0. The van der Waals surface area contributed by atoms with Gasteiger partial charge in [0.15, 0.2) is 0 Å². The predicted molar refractivity (Wildman–Crippen MR) is 72.8 cm³/mol. The molecule has 18 heavy (non-hydrogen) atoms. The Balaban J connectivity index is 1.99. The fourth-order valence-electron chi connectivity index (χ4n) is 1.86. The SMILES string of the molecule is Cc1ccc(C(C)NCc2ccccc2)cc1F. The summed E-state index contributed by atoms with van der Waals surface area (Å²) >= 11 is 0. The Morgan fingerprint density at radius 1 is 1.11 bits per heavy atom. The topological polar surface area (TPSA) is 12.0 Å². The lowest BCUT2D eigenvalue weighted by Gasteiger charge is -2.15. The van der Waals surface area contributed by atoms with Gasteiger partial charge in [-0.15, -0.1) is 0 Å². The van der Waals surface area contributed by atoms with E-state index in [-0.39, 0.29) is 11.9 Å². The van der Waals surface area contributed by atoms with Crippen molar-refractivity contribution in [2.75, 3.05) is 0 Å². The summed E-state index contributed by atoms with van der Waals surface area (Å²) in [6, 6.07) is 15.7. The third kappa shape index (κ3) is 3.17. The largest absolute Gasteiger partial charge is 0.306 e. The molecule has 0 bridgehead atoms. The molecule has 2 rings (SSSR count). The standard InChI is InChI=1S/C16H18FN/c1-12-8-9-15(10-16(12)17)13(2)18-11-14-6-4-3-5-7-14/h3-10,13,18H,11H2,1-2H3. The van der Waals surface area contributed by atoms with Crippen molar-refractivity contribution in [1.29, 1.82) is 0 Å². The van der Waals surface area contributed by atoms with Crippen molar-refractivity contribution in [3.63, 3.8) is 0 Å². The van der Waals surface area contributed by atoms with Gasteiger partial charge >= 0.3 is 0 Å². The highest BCUT2D eigenvalue weighted by Crippen LogP contribution is 2.16. The fraction of sp³-hybridized carbons (Fsp3) is 0.250. The third-order valence-corrected chi connectivity index (χ3v) is 3.15. The second-order valence-electron chi connectivity index (χ2n) is 4.60. The monoisotopic (exact) mass is 243 g/mol. The van der Waals surface area contributed by atoms with Gasteiger partial charge in [-0.1, -0.05) is 42.5 Å². The van der Waals surface area contributed by atoms with Gasteiger partial charge in [0.25, 0.3) is 0 Å². The average molecular weight is 243 g/mol. The first-order chi connectivity index (χ1) is 8.66. The number of halogens is 1. The molecule has 0 saturated carbocycles. The van der Waals surface area contributed by atoms with Gasteiger partial charge in [-0.05, 0) is 36.6 Å². The molecule has 0 fully saturated rings. The molecule has 1 unspecified atom stereocenters. The Kier molecular flexibility index (Phi) is 4.11. The highest BCUT2D eigenvalue weighted by Gasteiger charge is 2.07. The molecule has 0 radical (unpaired) electrons. The molecule has 1 nitrogen and oxygen atoms in total. The second-order valence-corrected chi connectivity index (χ2v) is 4.60. The number of aryl methyl sites for hydroxylation is 1. The average Bonchev–Trinajstić information content (AvgIpc) is 2.40. The molecule has 0 aliphatic heterocycles. The van der Waals surface area contributed by atoms with E-state index in [1.165, 1.54) is 5.56 Å². The van der Waals surface area contributed by atoms with Gasteiger partial charge < -0.3 is 5.32 Å². The number of rotatable bonds is 4. The van der Waals surface area contributed by atoms with Crippen LogP contribution in [-0.2, 0) is 6.54 Å². The van der Waals surface area contributed by atoms with E-state index in [4.69, 9.17) is 0 Å². The van der Waals surface area contributed by atoms with Gasteiger partial charge in [-0.2, -0.15) is 0 Å². The second kappa shape index (κ2) is 5.78. The van der Waals surface area contributed by atoms with Crippen molar-refractivity contribution in [3.05, 3.63) is 71.0 Å². The van der Waals surface area contributed by atoms with E-state index in [1.807, 2.05) is 37.3 Å². The van der Waals surface area contributed by atoms with Crippen molar-refractivity contribution in [3.8, 4) is 0 Å². The summed E-state index contributed by atoms with van der Waals surface area (Å²) in [5, 5.41) is 3.40. The Labute approximate surface area is 108 Å². The summed E-state index contributed by atoms with van der Waals surface area (Å²) in [4.78, 5) is 0. The van der Waals surface area contributed by atoms with Crippen molar-refractivity contribution in [2.45, 2.75) is 26.4 Å². The Morgan fingerprint density at radius 3 is 2.50 bits per heavy atom. The highest BCUT2D eigenvalue weighted by molar-refractivity contribution is 5.25. The van der Waals surface area contributed by atoms with E-state index in [0.717, 1.165) is 12.1 Å². The molecule has 0 saturated heterocycles. The van der Waals surface area contributed by atoms with Crippen LogP contribution in [0.2, 0.25) is 0 Å². The normalized spacial score (nSPS) is 12.4. The molecule has 0 aliphatic rings. The molecule has 94 valence electrons. The molecule has 0 amide bonds. The first-order valence-corrected chi connectivity index (χ1v) is 6.20. The lowest BCUT2D eigenvalue weighted by atomic mass is 10.1. The zero-order valence-electron chi connectivity index (χ0n) is 10.8. The van der Waals surface area contributed by atoms with Crippen LogP contribution in [0.3, 0.4) is 0 Å².